The Morgan fingerprint density at radius 2 is 0.723 bits per heavy atom. The van der Waals surface area contributed by atoms with E-state index in [1.165, 1.54) is 0 Å². The van der Waals surface area contributed by atoms with Crippen molar-refractivity contribution in [1.29, 1.82) is 0 Å². The standard InChI is InChI=1S/C20H21Cl2N7O.2C20H19Cl2N7.C14H11Cl2N3O2.C6H12N4/c1-10-16(20(30)26-17-11(2)27-28(4)19(17)23-3)18(29-15(25-10)7-8-24-29)12-5-6-13(21)14(22)9-12;2*1-10-16(19-25-17-11(2)26-28(4)20(17)27(19)3)18(29-15(24-10)7-8-23-29)12-5-6-13(21)14(22)9-12;1-7-12(14(20)21)13(19-11(18-7)4-5-17-19)8-2-3-9(15)10(16)6-8;1-4-5(7)6(8-2)10(3)9-4/h5-9,18,23,25H,1-4H3,(H,26,30);2*5-9,18,24H,1-4H3;2-6,13,18H,1H3,(H,20,21);8H,7H2,1-3H3. The second kappa shape index (κ2) is 33.6. The van der Waals surface area contributed by atoms with Crippen LogP contribution in [-0.4, -0.2) is 128 Å². The molecule has 0 fully saturated rings. The number of hydrogen-bond acceptors (Lipinski definition) is 19. The average molecular weight is 1770 g/mol. The first kappa shape index (κ1) is 83.8. The molecule has 10 aromatic heterocycles. The minimum Gasteiger partial charge on any atom is -0.478 e. The van der Waals surface area contributed by atoms with Gasteiger partial charge in [0.2, 0.25) is 0 Å². The summed E-state index contributed by atoms with van der Waals surface area (Å²) < 4.78 is 18.6. The van der Waals surface area contributed by atoms with Gasteiger partial charge in [0.25, 0.3) is 5.91 Å². The number of carbonyl (C=O) groups is 2. The number of aliphatic carboxylic acids is 1. The van der Waals surface area contributed by atoms with Crippen molar-refractivity contribution in [2.45, 2.75) is 79.6 Å². The number of hydrogen-bond donors (Lipinski definition) is 9. The van der Waals surface area contributed by atoms with Crippen LogP contribution in [0, 0.1) is 27.7 Å². The number of rotatable bonds is 11. The van der Waals surface area contributed by atoms with Gasteiger partial charge in [-0.05, 0) is 126 Å². The number of aryl methyl sites for hydroxylation is 10. The Hall–Kier alpha value is -11.7. The third-order valence-corrected chi connectivity index (χ3v) is 23.8. The molecule has 4 atom stereocenters. The number of nitrogen functional groups attached to an aromatic ring is 1. The van der Waals surface area contributed by atoms with Gasteiger partial charge in [0.1, 0.15) is 87.4 Å². The van der Waals surface area contributed by atoms with E-state index in [-0.39, 0.29) is 23.6 Å². The first-order valence-corrected chi connectivity index (χ1v) is 40.0. The molecule has 18 rings (SSSR count). The lowest BCUT2D eigenvalue weighted by atomic mass is 9.94. The molecule has 4 aliphatic heterocycles. The van der Waals surface area contributed by atoms with Gasteiger partial charge >= 0.3 is 5.97 Å². The molecule has 0 radical (unpaired) electrons. The average Bonchev–Trinajstić information content (AvgIpc) is 1.60. The predicted molar refractivity (Wildman–Crippen MR) is 472 cm³/mol. The number of aromatic nitrogens is 20. The number of allylic oxidation sites excluding steroid dienone is 6. The number of halogens is 8. The lowest BCUT2D eigenvalue weighted by Crippen LogP contribution is -2.31. The van der Waals surface area contributed by atoms with Crippen molar-refractivity contribution in [3.63, 3.8) is 0 Å². The van der Waals surface area contributed by atoms with E-state index in [1.54, 1.807) is 93.9 Å². The zero-order valence-electron chi connectivity index (χ0n) is 67.2. The molecule has 14 heterocycles. The van der Waals surface area contributed by atoms with Crippen molar-refractivity contribution in [1.82, 2.24) is 97.3 Å². The molecule has 4 unspecified atom stereocenters. The number of nitrogens with two attached hydrogens (primary N) is 1. The van der Waals surface area contributed by atoms with E-state index in [2.05, 4.69) is 101 Å². The number of imidazole rings is 2. The number of nitrogens with one attached hydrogen (secondary N) is 7. The van der Waals surface area contributed by atoms with Crippen LogP contribution in [0.5, 0.6) is 0 Å². The highest BCUT2D eigenvalue weighted by Crippen LogP contribution is 2.47. The second-order valence-corrected chi connectivity index (χ2v) is 31.8. The molecule has 39 heteroatoms. The van der Waals surface area contributed by atoms with Gasteiger partial charge in [-0.25, -0.2) is 33.5 Å². The highest BCUT2D eigenvalue weighted by Gasteiger charge is 2.39. The summed E-state index contributed by atoms with van der Waals surface area (Å²) in [7, 11) is 15.2. The minimum absolute atomic E-state index is 0.195. The first-order valence-electron chi connectivity index (χ1n) is 37.0. The molecule has 0 saturated heterocycles. The number of carbonyl (C=O) groups excluding carboxylic acids is 1. The highest BCUT2D eigenvalue weighted by molar-refractivity contribution is 6.43. The molecular weight excluding hydrogens is 1680 g/mol. The lowest BCUT2D eigenvalue weighted by molar-refractivity contribution is -0.133. The normalized spacial score (nSPS) is 15.8. The van der Waals surface area contributed by atoms with Crippen molar-refractivity contribution in [3.8, 4) is 0 Å². The maximum absolute atomic E-state index is 13.5. The minimum atomic E-state index is -1.00. The summed E-state index contributed by atoms with van der Waals surface area (Å²) in [4.78, 5) is 35.1. The molecule has 14 aromatic rings. The van der Waals surface area contributed by atoms with Crippen molar-refractivity contribution in [2.24, 2.45) is 42.3 Å². The third-order valence-electron chi connectivity index (χ3n) is 20.9. The molecule has 0 aliphatic carbocycles. The van der Waals surface area contributed by atoms with Crippen molar-refractivity contribution in [2.75, 3.05) is 57.0 Å². The van der Waals surface area contributed by atoms with Crippen LogP contribution in [-0.2, 0) is 51.9 Å². The van der Waals surface area contributed by atoms with Gasteiger partial charge in [-0.3, -0.25) is 23.5 Å². The van der Waals surface area contributed by atoms with Gasteiger partial charge in [-0.1, -0.05) is 117 Å². The Balaban J connectivity index is 0.000000126. The second-order valence-electron chi connectivity index (χ2n) is 28.5. The smallest absolute Gasteiger partial charge is 0.335 e. The van der Waals surface area contributed by atoms with Crippen LogP contribution < -0.4 is 43.0 Å². The van der Waals surface area contributed by atoms with E-state index < -0.39 is 18.1 Å². The number of carboxylic acids is 1. The summed E-state index contributed by atoms with van der Waals surface area (Å²) in [6.07, 6.45) is 6.87. The number of nitrogens with zero attached hydrogens (tertiary/aromatic N) is 20. The molecule has 0 spiro atoms. The Bertz CT molecular complexity index is 6300. The zero-order chi connectivity index (χ0) is 85.3. The molecular formula is C80H82Cl8N28O3. The molecule has 0 saturated carbocycles. The van der Waals surface area contributed by atoms with E-state index in [4.69, 9.17) is 109 Å². The Morgan fingerprint density at radius 3 is 1.05 bits per heavy atom. The summed E-state index contributed by atoms with van der Waals surface area (Å²) >= 11 is 49.4. The summed E-state index contributed by atoms with van der Waals surface area (Å²) in [5.41, 5.74) is 23.7. The maximum Gasteiger partial charge on any atom is 0.335 e. The number of benzene rings is 4. The summed E-state index contributed by atoms with van der Waals surface area (Å²) in [6.45, 7) is 15.4. The Labute approximate surface area is 722 Å². The molecule has 616 valence electrons. The number of anilines is 8. The topological polar surface area (TPSA) is 343 Å². The van der Waals surface area contributed by atoms with Crippen molar-refractivity contribution in [3.05, 3.63) is 253 Å². The Kier molecular flexibility index (Phi) is 23.7. The van der Waals surface area contributed by atoms with E-state index in [9.17, 15) is 14.7 Å². The predicted octanol–water partition coefficient (Wildman–Crippen LogP) is 17.2. The van der Waals surface area contributed by atoms with Gasteiger partial charge in [0.05, 0.1) is 105 Å². The number of fused-ring (bicyclic) bond motifs is 6. The summed E-state index contributed by atoms with van der Waals surface area (Å²) in [5, 5.41) is 70.8. The molecule has 0 bridgehead atoms. The number of amides is 1. The molecule has 4 aliphatic rings. The van der Waals surface area contributed by atoms with Gasteiger partial charge in [-0.15, -0.1) is 0 Å². The summed E-state index contributed by atoms with van der Waals surface area (Å²) in [6, 6.07) is 27.9. The van der Waals surface area contributed by atoms with Crippen LogP contribution >= 0.6 is 92.8 Å². The maximum atomic E-state index is 13.5. The fourth-order valence-corrected chi connectivity index (χ4v) is 16.7. The Morgan fingerprint density at radius 1 is 0.403 bits per heavy atom. The number of carboxylic acid groups (broad SMARTS) is 1. The molecule has 10 N–H and O–H groups in total. The van der Waals surface area contributed by atoms with E-state index in [1.807, 2.05) is 163 Å². The zero-order valence-corrected chi connectivity index (χ0v) is 73.2. The summed E-state index contributed by atoms with van der Waals surface area (Å²) in [5.74, 6) is 5.39. The van der Waals surface area contributed by atoms with Crippen LogP contribution in [0.25, 0.3) is 33.5 Å². The van der Waals surface area contributed by atoms with E-state index >= 15 is 0 Å². The van der Waals surface area contributed by atoms with Crippen LogP contribution in [0.2, 0.25) is 40.2 Å². The largest absolute Gasteiger partial charge is 0.478 e. The van der Waals surface area contributed by atoms with Crippen LogP contribution in [0.1, 0.15) is 109 Å². The SMILES string of the molecule is CC1=C(C(=O)O)C(c2ccc(Cl)c(Cl)c2)n2nccc2N1.CC1=C(c2nc3c(C)nn(C)c3n2C)C(c2ccc(Cl)c(Cl)c2)n2nccc2N1.CC1=C(c2nc3c(C)nn(C)c3n2C)C(c2ccc(Cl)c(Cl)c2)n2nccc2N1.CNc1c(N)c(C)nn1C.CNc1c(NC(=O)C2=C(C)Nc3ccnn3C2c2ccc(Cl)c(Cl)c2)c(C)nn1C. The van der Waals surface area contributed by atoms with Crippen LogP contribution in [0.15, 0.2) is 156 Å². The quantitative estimate of drug-likeness (QED) is 0.0581. The lowest BCUT2D eigenvalue weighted by Gasteiger charge is -2.30. The van der Waals surface area contributed by atoms with Gasteiger partial charge < -0.3 is 57.2 Å². The van der Waals surface area contributed by atoms with Crippen LogP contribution in [0.3, 0.4) is 0 Å². The van der Waals surface area contributed by atoms with Crippen molar-refractivity contribution >= 4 is 184 Å². The van der Waals surface area contributed by atoms with Crippen molar-refractivity contribution < 1.29 is 14.7 Å². The molecule has 119 heavy (non-hydrogen) atoms. The fraction of sp³-hybridized carbons (Fsp3) is 0.250. The van der Waals surface area contributed by atoms with Gasteiger partial charge in [-0.2, -0.15) is 40.8 Å². The van der Waals surface area contributed by atoms with E-state index in [0.717, 1.165) is 131 Å². The van der Waals surface area contributed by atoms with Crippen LogP contribution in [0.4, 0.5) is 46.3 Å². The van der Waals surface area contributed by atoms with Gasteiger partial charge in [0, 0.05) is 115 Å². The monoisotopic (exact) mass is 1760 g/mol. The first-order chi connectivity index (χ1) is 56.7. The van der Waals surface area contributed by atoms with E-state index in [0.29, 0.717) is 74.2 Å². The third kappa shape index (κ3) is 15.6. The highest BCUT2D eigenvalue weighted by atomic mass is 35.5. The molecule has 1 amide bonds. The molecule has 31 nitrogen and oxygen atoms in total. The fourth-order valence-electron chi connectivity index (χ4n) is 15.5. The molecule has 4 aromatic carbocycles. The van der Waals surface area contributed by atoms with Gasteiger partial charge in [0.15, 0.2) is 11.3 Å².